The maximum Gasteiger partial charge on any atom is 0.227 e. The van der Waals surface area contributed by atoms with Crippen molar-refractivity contribution in [2.75, 3.05) is 19.5 Å². The molecule has 0 bridgehead atoms. The smallest absolute Gasteiger partial charge is 0.227 e. The van der Waals surface area contributed by atoms with Gasteiger partial charge in [-0.25, -0.2) is 0 Å². The van der Waals surface area contributed by atoms with Gasteiger partial charge in [0, 0.05) is 18.8 Å². The second-order valence-electron chi connectivity index (χ2n) is 6.26. The summed E-state index contributed by atoms with van der Waals surface area (Å²) in [7, 11) is 2.95. The van der Waals surface area contributed by atoms with Crippen molar-refractivity contribution in [3.05, 3.63) is 70.6 Å². The lowest BCUT2D eigenvalue weighted by molar-refractivity contribution is 0.0968. The van der Waals surface area contributed by atoms with Crippen LogP contribution >= 0.6 is 23.8 Å². The van der Waals surface area contributed by atoms with Gasteiger partial charge in [0.05, 0.1) is 37.0 Å². The van der Waals surface area contributed by atoms with E-state index in [1.165, 1.54) is 14.2 Å². The highest BCUT2D eigenvalue weighted by atomic mass is 35.5. The number of methoxy groups -OCH3 is 2. The van der Waals surface area contributed by atoms with Gasteiger partial charge in [0.2, 0.25) is 11.8 Å². The zero-order chi connectivity index (χ0) is 21.7. The molecule has 1 aromatic carbocycles. The molecule has 0 spiro atoms. The number of nitrogens with zero attached hydrogens (tertiary/aromatic N) is 3. The first-order chi connectivity index (χ1) is 14.5. The number of anilines is 2. The molecule has 3 aromatic rings. The molecular formula is C21H21ClN4O3S. The van der Waals surface area contributed by atoms with Crippen LogP contribution in [0.4, 0.5) is 11.5 Å². The molecule has 3 rings (SSSR count). The number of allylic oxidation sites excluding steroid dienone is 1. The van der Waals surface area contributed by atoms with E-state index in [1.807, 2.05) is 29.0 Å². The topological polar surface area (TPSA) is 70.3 Å². The second-order valence-corrected chi connectivity index (χ2v) is 7.03. The molecular weight excluding hydrogens is 424 g/mol. The zero-order valence-electron chi connectivity index (χ0n) is 16.6. The summed E-state index contributed by atoms with van der Waals surface area (Å²) in [4.78, 5) is 17.3. The minimum atomic E-state index is -0.211. The number of carbonyl (C=O) groups is 1. The predicted molar refractivity (Wildman–Crippen MR) is 120 cm³/mol. The summed E-state index contributed by atoms with van der Waals surface area (Å²) in [6.45, 7) is 4.25. The molecule has 0 saturated carbocycles. The van der Waals surface area contributed by atoms with Crippen molar-refractivity contribution in [2.24, 2.45) is 0 Å². The summed E-state index contributed by atoms with van der Waals surface area (Å²) >= 11 is 11.9. The number of aromatic nitrogens is 3. The number of hydrogen-bond acceptors (Lipinski definition) is 6. The second kappa shape index (κ2) is 9.60. The fraction of sp³-hybridized carbons (Fsp3) is 0.190. The molecule has 0 aliphatic rings. The Balaban J connectivity index is 1.98. The Labute approximate surface area is 184 Å². The van der Waals surface area contributed by atoms with Gasteiger partial charge in [-0.05, 0) is 30.4 Å². The van der Waals surface area contributed by atoms with Crippen LogP contribution in [0.15, 0.2) is 55.3 Å². The first kappa shape index (κ1) is 21.6. The average Bonchev–Trinajstić information content (AvgIpc) is 3.04. The Bertz CT molecular complexity index is 1140. The van der Waals surface area contributed by atoms with Gasteiger partial charge in [0.15, 0.2) is 10.6 Å². The maximum atomic E-state index is 13.1. The van der Waals surface area contributed by atoms with Crippen LogP contribution < -0.4 is 14.8 Å². The fourth-order valence-corrected chi connectivity index (χ4v) is 3.36. The molecule has 30 heavy (non-hydrogen) atoms. The van der Waals surface area contributed by atoms with Gasteiger partial charge in [-0.2, -0.15) is 4.98 Å². The van der Waals surface area contributed by atoms with Gasteiger partial charge in [0.1, 0.15) is 5.82 Å². The van der Waals surface area contributed by atoms with Crippen LogP contribution in [0.5, 0.6) is 11.8 Å². The third-order valence-corrected chi connectivity index (χ3v) is 5.13. The van der Waals surface area contributed by atoms with E-state index >= 15 is 0 Å². The van der Waals surface area contributed by atoms with Crippen LogP contribution in [0.25, 0.3) is 0 Å². The molecule has 0 aliphatic heterocycles. The summed E-state index contributed by atoms with van der Waals surface area (Å²) in [5.41, 5.74) is 1.04. The number of para-hydroxylation sites is 1. The molecule has 2 heterocycles. The van der Waals surface area contributed by atoms with E-state index in [2.05, 4.69) is 16.9 Å². The summed E-state index contributed by atoms with van der Waals surface area (Å²) < 4.78 is 14.4. The van der Waals surface area contributed by atoms with E-state index < -0.39 is 0 Å². The van der Waals surface area contributed by atoms with Crippen molar-refractivity contribution >= 4 is 41.1 Å². The molecule has 1 N–H and O–H groups in total. The molecule has 0 saturated heterocycles. The van der Waals surface area contributed by atoms with Gasteiger partial charge in [-0.3, -0.25) is 9.36 Å². The lowest BCUT2D eigenvalue weighted by Crippen LogP contribution is -2.14. The van der Waals surface area contributed by atoms with Gasteiger partial charge >= 0.3 is 0 Å². The molecule has 156 valence electrons. The average molecular weight is 445 g/mol. The lowest BCUT2D eigenvalue weighted by Gasteiger charge is -2.12. The van der Waals surface area contributed by atoms with Crippen LogP contribution in [0, 0.1) is 4.77 Å². The number of imidazole rings is 1. The summed E-state index contributed by atoms with van der Waals surface area (Å²) in [6.07, 6.45) is 3.56. The third-order valence-electron chi connectivity index (χ3n) is 4.35. The number of rotatable bonds is 9. The molecule has 7 nitrogen and oxygen atoms in total. The Hall–Kier alpha value is -3.10. The number of nitrogens with one attached hydrogen (secondary N) is 1. The number of Topliss-reactive ketones (excluding diaryl/α,β-unsaturated/α-hetero) is 1. The van der Waals surface area contributed by atoms with Crippen molar-refractivity contribution in [3.63, 3.8) is 0 Å². The van der Waals surface area contributed by atoms with Gasteiger partial charge in [0.25, 0.3) is 0 Å². The number of hydrogen-bond donors (Lipinski definition) is 1. The Kier molecular flexibility index (Phi) is 6.91. The van der Waals surface area contributed by atoms with Crippen LogP contribution in [-0.4, -0.2) is 34.1 Å². The summed E-state index contributed by atoms with van der Waals surface area (Å²) in [5.74, 6) is 0.968. The minimum absolute atomic E-state index is 0.0138. The molecule has 0 unspecified atom stereocenters. The number of benzene rings is 1. The Morgan fingerprint density at radius 3 is 2.70 bits per heavy atom. The monoisotopic (exact) mass is 444 g/mol. The van der Waals surface area contributed by atoms with Crippen LogP contribution in [0.3, 0.4) is 0 Å². The van der Waals surface area contributed by atoms with E-state index in [9.17, 15) is 4.79 Å². The molecule has 0 aliphatic carbocycles. The third kappa shape index (κ3) is 4.55. The maximum absolute atomic E-state index is 13.1. The first-order valence-electron chi connectivity index (χ1n) is 9.03. The minimum Gasteiger partial charge on any atom is -0.481 e. The van der Waals surface area contributed by atoms with Crippen molar-refractivity contribution in [2.45, 2.75) is 13.1 Å². The normalized spacial score (nSPS) is 10.5. The van der Waals surface area contributed by atoms with Gasteiger partial charge in [-0.15, -0.1) is 6.58 Å². The highest BCUT2D eigenvalue weighted by Gasteiger charge is 2.19. The largest absolute Gasteiger partial charge is 0.481 e. The van der Waals surface area contributed by atoms with E-state index in [1.54, 1.807) is 28.8 Å². The Morgan fingerprint density at radius 1 is 1.27 bits per heavy atom. The quantitative estimate of drug-likeness (QED) is 0.287. The highest BCUT2D eigenvalue weighted by molar-refractivity contribution is 7.71. The predicted octanol–water partition coefficient (Wildman–Crippen LogP) is 4.90. The van der Waals surface area contributed by atoms with Crippen molar-refractivity contribution in [3.8, 4) is 11.8 Å². The zero-order valence-corrected chi connectivity index (χ0v) is 18.2. The molecule has 9 heteroatoms. The molecule has 2 aromatic heterocycles. The van der Waals surface area contributed by atoms with E-state index in [-0.39, 0.29) is 18.2 Å². The molecule has 0 atom stereocenters. The summed E-state index contributed by atoms with van der Waals surface area (Å²) in [5, 5.41) is 3.81. The van der Waals surface area contributed by atoms with Crippen LogP contribution in [0.2, 0.25) is 5.02 Å². The van der Waals surface area contributed by atoms with Crippen LogP contribution in [-0.2, 0) is 13.1 Å². The van der Waals surface area contributed by atoms with Crippen molar-refractivity contribution < 1.29 is 14.3 Å². The Morgan fingerprint density at radius 2 is 2.03 bits per heavy atom. The van der Waals surface area contributed by atoms with E-state index in [4.69, 9.17) is 33.3 Å². The van der Waals surface area contributed by atoms with Gasteiger partial charge < -0.3 is 19.4 Å². The summed E-state index contributed by atoms with van der Waals surface area (Å²) in [6, 6.07) is 10.6. The highest BCUT2D eigenvalue weighted by Crippen LogP contribution is 2.27. The van der Waals surface area contributed by atoms with Crippen LogP contribution in [0.1, 0.15) is 10.4 Å². The fourth-order valence-electron chi connectivity index (χ4n) is 2.89. The van der Waals surface area contributed by atoms with Crippen molar-refractivity contribution in [1.82, 2.24) is 14.1 Å². The van der Waals surface area contributed by atoms with Crippen molar-refractivity contribution in [1.29, 1.82) is 0 Å². The lowest BCUT2D eigenvalue weighted by atomic mass is 10.1. The molecule has 0 amide bonds. The van der Waals surface area contributed by atoms with Gasteiger partial charge in [-0.1, -0.05) is 29.8 Å². The number of halogens is 1. The number of pyridine rings is 1. The first-order valence-corrected chi connectivity index (χ1v) is 9.81. The standard InChI is InChI=1S/C21H21ClN4O3S/c1-4-11-25-13-18(23-16-8-6-5-7-15(16)22)26(21(25)30)12-17(27)14-9-10-19(28-2)24-20(14)29-3/h4-10,13,23H,1,11-12H2,2-3H3. The number of ether oxygens (including phenoxy) is 2. The number of ketones is 1. The van der Waals surface area contributed by atoms with E-state index in [0.717, 1.165) is 0 Å². The van der Waals surface area contributed by atoms with E-state index in [0.29, 0.717) is 39.3 Å². The number of carbonyl (C=O) groups excluding carboxylic acids is 1. The molecule has 0 fully saturated rings. The molecule has 0 radical (unpaired) electrons. The SMILES string of the molecule is C=CCn1cc(Nc2ccccc2Cl)n(CC(=O)c2ccc(OC)nc2OC)c1=S.